The van der Waals surface area contributed by atoms with Gasteiger partial charge in [-0.2, -0.15) is 0 Å². The summed E-state index contributed by atoms with van der Waals surface area (Å²) in [5, 5.41) is 9.00. The predicted octanol–water partition coefficient (Wildman–Crippen LogP) is 2.52. The van der Waals surface area contributed by atoms with Crippen LogP contribution in [0.25, 0.3) is 0 Å². The Bertz CT molecular complexity index is 278. The Labute approximate surface area is 97.5 Å². The number of halogens is 1. The van der Waals surface area contributed by atoms with Crippen molar-refractivity contribution < 1.29 is 5.11 Å². The van der Waals surface area contributed by atoms with E-state index >= 15 is 0 Å². The Morgan fingerprint density at radius 3 is 2.79 bits per heavy atom. The van der Waals surface area contributed by atoms with E-state index in [4.69, 9.17) is 22.4 Å². The van der Waals surface area contributed by atoms with Gasteiger partial charge in [0.15, 0.2) is 0 Å². The van der Waals surface area contributed by atoms with Gasteiger partial charge in [-0.1, -0.05) is 11.6 Å². The minimum Gasteiger partial charge on any atom is -0.396 e. The van der Waals surface area contributed by atoms with Gasteiger partial charge in [0.25, 0.3) is 0 Å². The van der Waals surface area contributed by atoms with Gasteiger partial charge in [0.2, 0.25) is 0 Å². The van der Waals surface area contributed by atoms with Crippen molar-refractivity contribution in [3.05, 3.63) is 21.3 Å². The molecule has 0 aliphatic carbocycles. The maximum Gasteiger partial charge on any atom is 0.0931 e. The molecule has 3 N–H and O–H groups in total. The molecule has 1 aromatic heterocycles. The summed E-state index contributed by atoms with van der Waals surface area (Å²) in [7, 11) is 0. The summed E-state index contributed by atoms with van der Waals surface area (Å²) >= 11 is 9.09. The van der Waals surface area contributed by atoms with Crippen LogP contribution in [0.5, 0.6) is 0 Å². The first-order valence-electron chi connectivity index (χ1n) is 4.38. The zero-order valence-corrected chi connectivity index (χ0v) is 10.3. The molecular weight excluding hydrogens is 238 g/mol. The first kappa shape index (κ1) is 12.3. The molecular formula is C9H14ClNOS2. The van der Waals surface area contributed by atoms with Crippen LogP contribution < -0.4 is 5.73 Å². The van der Waals surface area contributed by atoms with E-state index in [1.807, 2.05) is 19.1 Å². The van der Waals surface area contributed by atoms with Crippen LogP contribution in [0.15, 0.2) is 12.1 Å². The number of aliphatic hydroxyl groups is 1. The van der Waals surface area contributed by atoms with Crippen molar-refractivity contribution in [2.45, 2.75) is 18.2 Å². The minimum absolute atomic E-state index is 0.0706. The SMILES string of the molecule is CC(N)C(SCCO)c1ccc(Cl)s1. The lowest BCUT2D eigenvalue weighted by Crippen LogP contribution is -2.22. The van der Waals surface area contributed by atoms with E-state index in [2.05, 4.69) is 0 Å². The molecule has 2 nitrogen and oxygen atoms in total. The number of aliphatic hydroxyl groups excluding tert-OH is 1. The number of hydrogen-bond donors (Lipinski definition) is 2. The largest absolute Gasteiger partial charge is 0.396 e. The van der Waals surface area contributed by atoms with Crippen LogP contribution in [0.2, 0.25) is 4.34 Å². The van der Waals surface area contributed by atoms with Gasteiger partial charge in [0.1, 0.15) is 0 Å². The summed E-state index contributed by atoms with van der Waals surface area (Å²) in [6, 6.07) is 3.96. The average molecular weight is 252 g/mol. The molecule has 0 amide bonds. The lowest BCUT2D eigenvalue weighted by Gasteiger charge is -2.18. The molecule has 0 spiro atoms. The van der Waals surface area contributed by atoms with Crippen molar-refractivity contribution in [3.8, 4) is 0 Å². The molecule has 2 unspecified atom stereocenters. The molecule has 1 aromatic rings. The topological polar surface area (TPSA) is 46.2 Å². The maximum atomic E-state index is 8.76. The number of nitrogens with two attached hydrogens (primary N) is 1. The first-order chi connectivity index (χ1) is 6.65. The third-order valence-corrected chi connectivity index (χ3v) is 4.66. The van der Waals surface area contributed by atoms with Crippen molar-refractivity contribution in [1.29, 1.82) is 0 Å². The molecule has 0 fully saturated rings. The molecule has 0 aliphatic rings. The Kier molecular flexibility index (Phi) is 5.26. The smallest absolute Gasteiger partial charge is 0.0931 e. The van der Waals surface area contributed by atoms with Crippen molar-refractivity contribution in [2.75, 3.05) is 12.4 Å². The van der Waals surface area contributed by atoms with E-state index in [9.17, 15) is 0 Å². The van der Waals surface area contributed by atoms with Crippen LogP contribution in [-0.4, -0.2) is 23.5 Å². The second-order valence-electron chi connectivity index (χ2n) is 3.02. The quantitative estimate of drug-likeness (QED) is 0.846. The van der Waals surface area contributed by atoms with E-state index in [1.54, 1.807) is 23.1 Å². The monoisotopic (exact) mass is 251 g/mol. The normalized spacial score (nSPS) is 15.4. The Balaban J connectivity index is 2.67. The molecule has 80 valence electrons. The van der Waals surface area contributed by atoms with Crippen LogP contribution in [0.3, 0.4) is 0 Å². The third-order valence-electron chi connectivity index (χ3n) is 1.74. The standard InChI is InChI=1S/C9H14ClNOS2/c1-6(11)9(13-5-4-12)7-2-3-8(10)14-7/h2-3,6,9,12H,4-5,11H2,1H3. The molecule has 14 heavy (non-hydrogen) atoms. The first-order valence-corrected chi connectivity index (χ1v) is 6.62. The molecule has 0 radical (unpaired) electrons. The van der Waals surface area contributed by atoms with Gasteiger partial charge in [-0.15, -0.1) is 23.1 Å². The van der Waals surface area contributed by atoms with Crippen molar-refractivity contribution in [1.82, 2.24) is 0 Å². The van der Waals surface area contributed by atoms with E-state index in [1.165, 1.54) is 4.88 Å². The van der Waals surface area contributed by atoms with E-state index in [0.717, 1.165) is 4.34 Å². The van der Waals surface area contributed by atoms with Crippen LogP contribution in [0, 0.1) is 0 Å². The van der Waals surface area contributed by atoms with Crippen molar-refractivity contribution in [2.24, 2.45) is 5.73 Å². The fraction of sp³-hybridized carbons (Fsp3) is 0.556. The van der Waals surface area contributed by atoms with Gasteiger partial charge in [-0.3, -0.25) is 0 Å². The highest BCUT2D eigenvalue weighted by Gasteiger charge is 2.18. The van der Waals surface area contributed by atoms with Gasteiger partial charge < -0.3 is 10.8 Å². The van der Waals surface area contributed by atoms with Crippen LogP contribution in [0.1, 0.15) is 17.1 Å². The number of thioether (sulfide) groups is 1. The fourth-order valence-corrected chi connectivity index (χ4v) is 3.57. The zero-order chi connectivity index (χ0) is 10.6. The summed E-state index contributed by atoms with van der Waals surface area (Å²) < 4.78 is 0.787. The second-order valence-corrected chi connectivity index (χ2v) is 6.01. The number of rotatable bonds is 5. The molecule has 0 saturated heterocycles. The highest BCUT2D eigenvalue weighted by molar-refractivity contribution is 7.99. The van der Waals surface area contributed by atoms with E-state index in [0.29, 0.717) is 5.75 Å². The van der Waals surface area contributed by atoms with Gasteiger partial charge in [-0.25, -0.2) is 0 Å². The van der Waals surface area contributed by atoms with Crippen LogP contribution in [0.4, 0.5) is 0 Å². The van der Waals surface area contributed by atoms with Crippen molar-refractivity contribution >= 4 is 34.7 Å². The van der Waals surface area contributed by atoms with Crippen LogP contribution >= 0.6 is 34.7 Å². The maximum absolute atomic E-state index is 8.76. The average Bonchev–Trinajstić information content (AvgIpc) is 2.52. The lowest BCUT2D eigenvalue weighted by molar-refractivity contribution is 0.322. The summed E-state index contributed by atoms with van der Waals surface area (Å²) in [5.74, 6) is 0.710. The van der Waals surface area contributed by atoms with Crippen LogP contribution in [-0.2, 0) is 0 Å². The molecule has 0 bridgehead atoms. The molecule has 0 aliphatic heterocycles. The Morgan fingerprint density at radius 1 is 1.64 bits per heavy atom. The predicted molar refractivity (Wildman–Crippen MR) is 65.3 cm³/mol. The Morgan fingerprint density at radius 2 is 2.36 bits per heavy atom. The van der Waals surface area contributed by atoms with Gasteiger partial charge in [0, 0.05) is 16.7 Å². The molecule has 5 heteroatoms. The number of thiophene rings is 1. The summed E-state index contributed by atoms with van der Waals surface area (Å²) in [4.78, 5) is 1.18. The highest BCUT2D eigenvalue weighted by Crippen LogP contribution is 2.36. The fourth-order valence-electron chi connectivity index (χ4n) is 1.15. The van der Waals surface area contributed by atoms with E-state index < -0.39 is 0 Å². The molecule has 1 heterocycles. The summed E-state index contributed by atoms with van der Waals surface area (Å²) in [6.07, 6.45) is 0. The Hall–Kier alpha value is 0.260. The third kappa shape index (κ3) is 3.44. The highest BCUT2D eigenvalue weighted by atomic mass is 35.5. The molecule has 0 saturated carbocycles. The van der Waals surface area contributed by atoms with E-state index in [-0.39, 0.29) is 17.9 Å². The molecule has 0 aromatic carbocycles. The van der Waals surface area contributed by atoms with Gasteiger partial charge >= 0.3 is 0 Å². The second kappa shape index (κ2) is 5.98. The zero-order valence-electron chi connectivity index (χ0n) is 7.94. The lowest BCUT2D eigenvalue weighted by atomic mass is 10.2. The van der Waals surface area contributed by atoms with Gasteiger partial charge in [0.05, 0.1) is 16.2 Å². The van der Waals surface area contributed by atoms with Gasteiger partial charge in [-0.05, 0) is 19.1 Å². The number of hydrogen-bond acceptors (Lipinski definition) is 4. The molecule has 2 atom stereocenters. The minimum atomic E-state index is 0.0706. The molecule has 1 rings (SSSR count). The van der Waals surface area contributed by atoms with Crippen molar-refractivity contribution in [3.63, 3.8) is 0 Å². The summed E-state index contributed by atoms with van der Waals surface area (Å²) in [6.45, 7) is 2.16. The summed E-state index contributed by atoms with van der Waals surface area (Å²) in [5.41, 5.74) is 5.88.